The molecule has 7 nitrogen and oxygen atoms in total. The molecule has 0 unspecified atom stereocenters. The van der Waals surface area contributed by atoms with Crippen molar-refractivity contribution in [3.63, 3.8) is 0 Å². The summed E-state index contributed by atoms with van der Waals surface area (Å²) in [6.45, 7) is 7.18. The molecule has 1 saturated heterocycles. The van der Waals surface area contributed by atoms with E-state index >= 15 is 0 Å². The van der Waals surface area contributed by atoms with E-state index in [4.69, 9.17) is 9.72 Å². The van der Waals surface area contributed by atoms with Crippen LogP contribution >= 0.6 is 0 Å². The number of ether oxygens (including phenoxy) is 1. The van der Waals surface area contributed by atoms with Crippen LogP contribution < -0.4 is 5.32 Å². The van der Waals surface area contributed by atoms with Crippen molar-refractivity contribution in [2.75, 3.05) is 13.1 Å². The molecule has 32 heavy (non-hydrogen) atoms. The van der Waals surface area contributed by atoms with Gasteiger partial charge >= 0.3 is 0 Å². The van der Waals surface area contributed by atoms with Crippen LogP contribution in [0, 0.1) is 0 Å². The molecular formula is C25H31N5O2. The van der Waals surface area contributed by atoms with Crippen LogP contribution in [0.5, 0.6) is 0 Å². The molecule has 7 heteroatoms. The van der Waals surface area contributed by atoms with Gasteiger partial charge in [-0.25, -0.2) is 0 Å². The fraction of sp³-hybridized carbons (Fsp3) is 0.480. The Kier molecular flexibility index (Phi) is 5.47. The largest absolute Gasteiger partial charge is 0.370 e. The highest BCUT2D eigenvalue weighted by Gasteiger charge is 2.41. The van der Waals surface area contributed by atoms with Crippen LogP contribution in [-0.2, 0) is 31.4 Å². The van der Waals surface area contributed by atoms with Gasteiger partial charge in [-0.1, -0.05) is 24.3 Å². The highest BCUT2D eigenvalue weighted by molar-refractivity contribution is 5.94. The highest BCUT2D eigenvalue weighted by atomic mass is 16.5. The second kappa shape index (κ2) is 8.30. The summed E-state index contributed by atoms with van der Waals surface area (Å²) in [5, 5.41) is 8.65. The molecule has 2 aromatic heterocycles. The van der Waals surface area contributed by atoms with Crippen molar-refractivity contribution in [2.24, 2.45) is 7.05 Å². The quantitative estimate of drug-likeness (QED) is 0.684. The maximum Gasteiger partial charge on any atom is 0.272 e. The Bertz CT molecular complexity index is 1140. The lowest BCUT2D eigenvalue weighted by molar-refractivity contribution is -0.104. The SMILES string of the molecule is CC(C)NC(=O)c1nn(C)c2c1COC1(CCN(Cc3ccc4ccccc4n3)CC1)C2. The number of hydrogen-bond donors (Lipinski definition) is 1. The number of piperidine rings is 1. The van der Waals surface area contributed by atoms with Crippen LogP contribution in [0.1, 0.15) is 54.1 Å². The summed E-state index contributed by atoms with van der Waals surface area (Å²) in [5.41, 5.74) is 4.58. The number of benzene rings is 1. The van der Waals surface area contributed by atoms with Crippen molar-refractivity contribution in [2.45, 2.75) is 57.9 Å². The second-order valence-electron chi connectivity index (χ2n) is 9.45. The van der Waals surface area contributed by atoms with Crippen molar-refractivity contribution in [1.29, 1.82) is 0 Å². The Hall–Kier alpha value is -2.77. The minimum Gasteiger partial charge on any atom is -0.370 e. The van der Waals surface area contributed by atoms with E-state index in [-0.39, 0.29) is 17.6 Å². The standard InChI is InChI=1S/C25H31N5O2/c1-17(2)26-24(31)23-20-16-32-25(14-22(20)29(3)28-23)10-12-30(13-11-25)15-19-9-8-18-6-4-5-7-21(18)27-19/h4-9,17H,10-16H2,1-3H3,(H,26,31). The third kappa shape index (κ3) is 4.02. The Morgan fingerprint density at radius 2 is 1.97 bits per heavy atom. The average Bonchev–Trinajstić information content (AvgIpc) is 3.11. The number of hydrogen-bond acceptors (Lipinski definition) is 5. The molecule has 0 saturated carbocycles. The zero-order chi connectivity index (χ0) is 22.3. The number of para-hydroxylation sites is 1. The van der Waals surface area contributed by atoms with Crippen molar-refractivity contribution in [1.82, 2.24) is 25.0 Å². The number of rotatable bonds is 4. The predicted octanol–water partition coefficient (Wildman–Crippen LogP) is 3.21. The van der Waals surface area contributed by atoms with Gasteiger partial charge in [0.15, 0.2) is 5.69 Å². The summed E-state index contributed by atoms with van der Waals surface area (Å²) >= 11 is 0. The van der Waals surface area contributed by atoms with Gasteiger partial charge in [0.1, 0.15) is 0 Å². The molecule has 0 atom stereocenters. The molecule has 2 aliphatic rings. The molecule has 0 radical (unpaired) electrons. The van der Waals surface area contributed by atoms with Crippen molar-refractivity contribution in [3.8, 4) is 0 Å². The van der Waals surface area contributed by atoms with E-state index in [0.717, 1.165) is 61.4 Å². The number of nitrogens with one attached hydrogen (secondary N) is 1. The number of aryl methyl sites for hydroxylation is 1. The van der Waals surface area contributed by atoms with E-state index in [1.54, 1.807) is 0 Å². The van der Waals surface area contributed by atoms with E-state index in [0.29, 0.717) is 12.3 Å². The summed E-state index contributed by atoms with van der Waals surface area (Å²) in [6.07, 6.45) is 2.75. The molecule has 1 amide bonds. The average molecular weight is 434 g/mol. The lowest BCUT2D eigenvalue weighted by Gasteiger charge is -2.43. The molecule has 5 rings (SSSR count). The first kappa shape index (κ1) is 21.1. The van der Waals surface area contributed by atoms with Gasteiger partial charge in [0, 0.05) is 55.8 Å². The van der Waals surface area contributed by atoms with Gasteiger partial charge in [-0.3, -0.25) is 19.4 Å². The molecule has 2 aliphatic heterocycles. The van der Waals surface area contributed by atoms with E-state index in [9.17, 15) is 4.79 Å². The lowest BCUT2D eigenvalue weighted by Crippen LogP contribution is -2.49. The van der Waals surface area contributed by atoms with Gasteiger partial charge in [0.25, 0.3) is 5.91 Å². The zero-order valence-electron chi connectivity index (χ0n) is 19.1. The number of carbonyl (C=O) groups is 1. The van der Waals surface area contributed by atoms with Gasteiger partial charge in [0.2, 0.25) is 0 Å². The van der Waals surface area contributed by atoms with Crippen LogP contribution in [0.3, 0.4) is 0 Å². The molecule has 1 N–H and O–H groups in total. The molecule has 3 aromatic rings. The van der Waals surface area contributed by atoms with Crippen LogP contribution in [0.2, 0.25) is 0 Å². The fourth-order valence-electron chi connectivity index (χ4n) is 4.94. The lowest BCUT2D eigenvalue weighted by atomic mass is 9.83. The monoisotopic (exact) mass is 433 g/mol. The minimum absolute atomic E-state index is 0.0810. The van der Waals surface area contributed by atoms with Crippen molar-refractivity contribution >= 4 is 16.8 Å². The van der Waals surface area contributed by atoms with E-state index in [1.165, 1.54) is 5.39 Å². The summed E-state index contributed by atoms with van der Waals surface area (Å²) in [7, 11) is 1.94. The third-order valence-electron chi connectivity index (χ3n) is 6.73. The second-order valence-corrected chi connectivity index (χ2v) is 9.45. The summed E-state index contributed by atoms with van der Waals surface area (Å²) in [5.74, 6) is -0.117. The van der Waals surface area contributed by atoms with Gasteiger partial charge in [0.05, 0.1) is 23.4 Å². The number of aromatic nitrogens is 3. The molecule has 1 spiro atoms. The zero-order valence-corrected chi connectivity index (χ0v) is 19.1. The number of amides is 1. The number of nitrogens with zero attached hydrogens (tertiary/aromatic N) is 4. The third-order valence-corrected chi connectivity index (χ3v) is 6.73. The van der Waals surface area contributed by atoms with E-state index < -0.39 is 0 Å². The molecule has 1 fully saturated rings. The van der Waals surface area contributed by atoms with Crippen molar-refractivity contribution in [3.05, 3.63) is 59.0 Å². The van der Waals surface area contributed by atoms with Crippen molar-refractivity contribution < 1.29 is 9.53 Å². The number of likely N-dealkylation sites (tertiary alicyclic amines) is 1. The van der Waals surface area contributed by atoms with Crippen LogP contribution in [0.15, 0.2) is 36.4 Å². The summed E-state index contributed by atoms with van der Waals surface area (Å²) in [4.78, 5) is 19.8. The van der Waals surface area contributed by atoms with E-state index in [2.05, 4.69) is 39.6 Å². The maximum atomic E-state index is 12.6. The minimum atomic E-state index is -0.167. The Labute approximate surface area is 188 Å². The summed E-state index contributed by atoms with van der Waals surface area (Å²) in [6, 6.07) is 12.6. The normalized spacial score (nSPS) is 18.2. The smallest absolute Gasteiger partial charge is 0.272 e. The van der Waals surface area contributed by atoms with Crippen LogP contribution in [0.25, 0.3) is 10.9 Å². The molecule has 168 valence electrons. The summed E-state index contributed by atoms with van der Waals surface area (Å²) < 4.78 is 8.30. The fourth-order valence-corrected chi connectivity index (χ4v) is 4.94. The topological polar surface area (TPSA) is 72.3 Å². The maximum absolute atomic E-state index is 12.6. The first-order valence-corrected chi connectivity index (χ1v) is 11.5. The van der Waals surface area contributed by atoms with Gasteiger partial charge in [-0.15, -0.1) is 0 Å². The first-order valence-electron chi connectivity index (χ1n) is 11.5. The molecule has 0 bridgehead atoms. The van der Waals surface area contributed by atoms with Gasteiger partial charge in [-0.2, -0.15) is 5.10 Å². The molecule has 0 aliphatic carbocycles. The number of carbonyl (C=O) groups excluding carboxylic acids is 1. The number of pyridine rings is 1. The highest BCUT2D eigenvalue weighted by Crippen LogP contribution is 2.37. The van der Waals surface area contributed by atoms with E-state index in [1.807, 2.05) is 37.7 Å². The molecular weight excluding hydrogens is 402 g/mol. The molecule has 4 heterocycles. The predicted molar refractivity (Wildman–Crippen MR) is 123 cm³/mol. The Balaban J connectivity index is 1.25. The van der Waals surface area contributed by atoms with Gasteiger partial charge in [-0.05, 0) is 38.8 Å². The van der Waals surface area contributed by atoms with Gasteiger partial charge < -0.3 is 10.1 Å². The van der Waals surface area contributed by atoms with Crippen LogP contribution in [0.4, 0.5) is 0 Å². The van der Waals surface area contributed by atoms with Crippen LogP contribution in [-0.4, -0.2) is 50.3 Å². The Morgan fingerprint density at radius 3 is 2.75 bits per heavy atom. The Morgan fingerprint density at radius 1 is 1.19 bits per heavy atom. The number of fused-ring (bicyclic) bond motifs is 2. The molecule has 1 aromatic carbocycles. The first-order chi connectivity index (χ1) is 15.4.